The van der Waals surface area contributed by atoms with Gasteiger partial charge in [0, 0.05) is 12.7 Å². The number of hydrogen-bond acceptors (Lipinski definition) is 3. The van der Waals surface area contributed by atoms with E-state index in [1.54, 1.807) is 12.4 Å². The van der Waals surface area contributed by atoms with Gasteiger partial charge < -0.3 is 10.5 Å². The van der Waals surface area contributed by atoms with Gasteiger partial charge in [-0.1, -0.05) is 6.07 Å². The predicted octanol–water partition coefficient (Wildman–Crippen LogP) is 2.64. The Balaban J connectivity index is 2.20. The van der Waals surface area contributed by atoms with Crippen molar-refractivity contribution in [2.24, 2.45) is 5.73 Å². The first-order valence-electron chi connectivity index (χ1n) is 5.17. The number of aryl methyl sites for hydroxylation is 1. The van der Waals surface area contributed by atoms with Crippen molar-refractivity contribution in [3.05, 3.63) is 53.9 Å². The standard InChI is InChI=1S/C13H14N2O/c1-10-7-12(5-4-11(10)8-14)16-13-3-2-6-15-9-13/h2-7,9H,8,14H2,1H3. The number of pyridine rings is 1. The van der Waals surface area contributed by atoms with Crippen molar-refractivity contribution in [1.29, 1.82) is 0 Å². The Hall–Kier alpha value is -1.87. The van der Waals surface area contributed by atoms with E-state index >= 15 is 0 Å². The van der Waals surface area contributed by atoms with E-state index in [1.807, 2.05) is 37.3 Å². The zero-order valence-electron chi connectivity index (χ0n) is 9.18. The van der Waals surface area contributed by atoms with Gasteiger partial charge in [-0.3, -0.25) is 4.98 Å². The summed E-state index contributed by atoms with van der Waals surface area (Å²) in [6, 6.07) is 9.61. The van der Waals surface area contributed by atoms with Gasteiger partial charge >= 0.3 is 0 Å². The van der Waals surface area contributed by atoms with Crippen LogP contribution >= 0.6 is 0 Å². The van der Waals surface area contributed by atoms with Crippen molar-refractivity contribution < 1.29 is 4.74 Å². The van der Waals surface area contributed by atoms with Gasteiger partial charge in [0.2, 0.25) is 0 Å². The molecule has 2 rings (SSSR count). The van der Waals surface area contributed by atoms with E-state index in [0.29, 0.717) is 6.54 Å². The van der Waals surface area contributed by atoms with Gasteiger partial charge in [-0.25, -0.2) is 0 Å². The van der Waals surface area contributed by atoms with E-state index < -0.39 is 0 Å². The lowest BCUT2D eigenvalue weighted by Crippen LogP contribution is -1.98. The van der Waals surface area contributed by atoms with E-state index in [2.05, 4.69) is 4.98 Å². The third kappa shape index (κ3) is 2.38. The molecular weight excluding hydrogens is 200 g/mol. The highest BCUT2D eigenvalue weighted by Crippen LogP contribution is 2.22. The Morgan fingerprint density at radius 2 is 2.12 bits per heavy atom. The van der Waals surface area contributed by atoms with Gasteiger partial charge in [0.25, 0.3) is 0 Å². The molecule has 1 heterocycles. The molecule has 0 amide bonds. The molecule has 0 bridgehead atoms. The summed E-state index contributed by atoms with van der Waals surface area (Å²) in [7, 11) is 0. The third-order valence-electron chi connectivity index (χ3n) is 2.40. The monoisotopic (exact) mass is 214 g/mol. The average Bonchev–Trinajstić information content (AvgIpc) is 2.31. The summed E-state index contributed by atoms with van der Waals surface area (Å²) in [5.41, 5.74) is 7.88. The quantitative estimate of drug-likeness (QED) is 0.854. The fourth-order valence-electron chi connectivity index (χ4n) is 1.50. The van der Waals surface area contributed by atoms with Crippen molar-refractivity contribution in [2.45, 2.75) is 13.5 Å². The second kappa shape index (κ2) is 4.77. The van der Waals surface area contributed by atoms with Crippen LogP contribution in [0.25, 0.3) is 0 Å². The van der Waals surface area contributed by atoms with Crippen LogP contribution in [0.4, 0.5) is 0 Å². The van der Waals surface area contributed by atoms with E-state index in [9.17, 15) is 0 Å². The Morgan fingerprint density at radius 1 is 1.25 bits per heavy atom. The minimum absolute atomic E-state index is 0.555. The molecule has 0 aliphatic carbocycles. The molecule has 0 fully saturated rings. The highest BCUT2D eigenvalue weighted by Gasteiger charge is 2.00. The lowest BCUT2D eigenvalue weighted by molar-refractivity contribution is 0.479. The molecule has 0 aliphatic heterocycles. The number of hydrogen-bond donors (Lipinski definition) is 1. The van der Waals surface area contributed by atoms with E-state index in [4.69, 9.17) is 10.5 Å². The van der Waals surface area contributed by atoms with Crippen LogP contribution in [0, 0.1) is 6.92 Å². The number of nitrogens with two attached hydrogens (primary N) is 1. The van der Waals surface area contributed by atoms with Crippen molar-refractivity contribution >= 4 is 0 Å². The molecular formula is C13H14N2O. The maximum atomic E-state index is 5.66. The third-order valence-corrected chi connectivity index (χ3v) is 2.40. The number of aromatic nitrogens is 1. The normalized spacial score (nSPS) is 10.1. The summed E-state index contributed by atoms with van der Waals surface area (Å²) in [5.74, 6) is 1.55. The molecule has 1 aromatic carbocycles. The molecule has 0 spiro atoms. The van der Waals surface area contributed by atoms with Crippen molar-refractivity contribution in [2.75, 3.05) is 0 Å². The van der Waals surface area contributed by atoms with E-state index in [1.165, 1.54) is 0 Å². The summed E-state index contributed by atoms with van der Waals surface area (Å²) in [4.78, 5) is 3.99. The lowest BCUT2D eigenvalue weighted by atomic mass is 10.1. The van der Waals surface area contributed by atoms with Crippen LogP contribution in [0.2, 0.25) is 0 Å². The molecule has 82 valence electrons. The fourth-order valence-corrected chi connectivity index (χ4v) is 1.50. The van der Waals surface area contributed by atoms with Crippen LogP contribution in [-0.2, 0) is 6.54 Å². The molecule has 2 aromatic rings. The zero-order valence-corrected chi connectivity index (χ0v) is 9.18. The predicted molar refractivity (Wildman–Crippen MR) is 63.4 cm³/mol. The zero-order chi connectivity index (χ0) is 11.4. The molecule has 1 aromatic heterocycles. The number of rotatable bonds is 3. The molecule has 0 saturated carbocycles. The molecule has 0 atom stereocenters. The van der Waals surface area contributed by atoms with Gasteiger partial charge in [-0.2, -0.15) is 0 Å². The first-order chi connectivity index (χ1) is 7.79. The van der Waals surface area contributed by atoms with E-state index in [0.717, 1.165) is 22.6 Å². The molecule has 16 heavy (non-hydrogen) atoms. The summed E-state index contributed by atoms with van der Waals surface area (Å²) in [6.45, 7) is 2.58. The van der Waals surface area contributed by atoms with Crippen molar-refractivity contribution in [3.63, 3.8) is 0 Å². The van der Waals surface area contributed by atoms with Crippen molar-refractivity contribution in [3.8, 4) is 11.5 Å². The molecule has 0 aliphatic rings. The largest absolute Gasteiger partial charge is 0.456 e. The minimum Gasteiger partial charge on any atom is -0.456 e. The van der Waals surface area contributed by atoms with Gasteiger partial charge in [0.15, 0.2) is 0 Å². The highest BCUT2D eigenvalue weighted by molar-refractivity contribution is 5.37. The maximum absolute atomic E-state index is 5.66. The number of nitrogens with zero attached hydrogens (tertiary/aromatic N) is 1. The topological polar surface area (TPSA) is 48.1 Å². The van der Waals surface area contributed by atoms with Crippen LogP contribution < -0.4 is 10.5 Å². The summed E-state index contributed by atoms with van der Waals surface area (Å²) in [6.07, 6.45) is 3.40. The number of ether oxygens (including phenoxy) is 1. The van der Waals surface area contributed by atoms with Gasteiger partial charge in [0.05, 0.1) is 6.20 Å². The molecule has 2 N–H and O–H groups in total. The summed E-state index contributed by atoms with van der Waals surface area (Å²) in [5, 5.41) is 0. The smallest absolute Gasteiger partial charge is 0.145 e. The maximum Gasteiger partial charge on any atom is 0.145 e. The van der Waals surface area contributed by atoms with Crippen LogP contribution in [-0.4, -0.2) is 4.98 Å². The first kappa shape index (κ1) is 10.6. The fraction of sp³-hybridized carbons (Fsp3) is 0.154. The Labute approximate surface area is 94.9 Å². The van der Waals surface area contributed by atoms with Gasteiger partial charge in [-0.15, -0.1) is 0 Å². The summed E-state index contributed by atoms with van der Waals surface area (Å²) >= 11 is 0. The highest BCUT2D eigenvalue weighted by atomic mass is 16.5. The summed E-state index contributed by atoms with van der Waals surface area (Å²) < 4.78 is 5.66. The van der Waals surface area contributed by atoms with Crippen LogP contribution in [0.3, 0.4) is 0 Å². The van der Waals surface area contributed by atoms with Crippen LogP contribution in [0.15, 0.2) is 42.7 Å². The van der Waals surface area contributed by atoms with Gasteiger partial charge in [0.1, 0.15) is 11.5 Å². The Kier molecular flexibility index (Phi) is 3.17. The molecule has 0 saturated heterocycles. The Bertz CT molecular complexity index is 469. The molecule has 3 nitrogen and oxygen atoms in total. The molecule has 0 radical (unpaired) electrons. The lowest BCUT2D eigenvalue weighted by Gasteiger charge is -2.08. The SMILES string of the molecule is Cc1cc(Oc2cccnc2)ccc1CN. The Morgan fingerprint density at radius 3 is 2.75 bits per heavy atom. The average molecular weight is 214 g/mol. The van der Waals surface area contributed by atoms with E-state index in [-0.39, 0.29) is 0 Å². The van der Waals surface area contributed by atoms with Gasteiger partial charge in [-0.05, 0) is 42.3 Å². The second-order valence-corrected chi connectivity index (χ2v) is 3.58. The first-order valence-corrected chi connectivity index (χ1v) is 5.17. The second-order valence-electron chi connectivity index (χ2n) is 3.58. The number of benzene rings is 1. The molecule has 0 unspecified atom stereocenters. The molecule has 3 heteroatoms. The van der Waals surface area contributed by atoms with Crippen molar-refractivity contribution in [1.82, 2.24) is 4.98 Å². The minimum atomic E-state index is 0.555. The van der Waals surface area contributed by atoms with Crippen LogP contribution in [0.1, 0.15) is 11.1 Å². The van der Waals surface area contributed by atoms with Crippen LogP contribution in [0.5, 0.6) is 11.5 Å².